The predicted molar refractivity (Wildman–Crippen MR) is 59.8 cm³/mol. The quantitative estimate of drug-likeness (QED) is 0.335. The molecule has 0 aromatic carbocycles. The summed E-state index contributed by atoms with van der Waals surface area (Å²) in [6.07, 6.45) is 0.0628. The molecule has 2 amide bonds. The van der Waals surface area contributed by atoms with E-state index in [0.29, 0.717) is 0 Å². The van der Waals surface area contributed by atoms with E-state index in [1.165, 1.54) is 0 Å². The predicted octanol–water partition coefficient (Wildman–Crippen LogP) is -1.92. The summed E-state index contributed by atoms with van der Waals surface area (Å²) < 4.78 is 0. The maximum atomic E-state index is 11.3. The lowest BCUT2D eigenvalue weighted by Gasteiger charge is -2.15. The van der Waals surface area contributed by atoms with Crippen molar-refractivity contribution in [3.8, 4) is 0 Å². The minimum Gasteiger partial charge on any atom is -0.480 e. The minimum atomic E-state index is -1.19. The number of rotatable bonds is 7. The van der Waals surface area contributed by atoms with E-state index >= 15 is 0 Å². The smallest absolute Gasteiger partial charge is 0.327 e. The first-order valence-electron chi connectivity index (χ1n) is 4.56. The van der Waals surface area contributed by atoms with Crippen LogP contribution in [-0.4, -0.2) is 40.7 Å². The van der Waals surface area contributed by atoms with Crippen LogP contribution in [0.3, 0.4) is 0 Å². The van der Waals surface area contributed by atoms with E-state index < -0.39 is 29.9 Å². The number of amides is 2. The third-order valence-electron chi connectivity index (χ3n) is 1.84. The average molecular weight is 249 g/mol. The van der Waals surface area contributed by atoms with E-state index in [9.17, 15) is 14.4 Å². The fraction of sp³-hybridized carbons (Fsp3) is 0.625. The van der Waals surface area contributed by atoms with E-state index in [1.807, 2.05) is 0 Å². The van der Waals surface area contributed by atoms with Crippen molar-refractivity contribution in [2.75, 3.05) is 5.75 Å². The first-order chi connectivity index (χ1) is 7.38. The van der Waals surface area contributed by atoms with Gasteiger partial charge in [0.2, 0.25) is 11.8 Å². The molecule has 0 spiro atoms. The van der Waals surface area contributed by atoms with Gasteiger partial charge >= 0.3 is 5.97 Å². The van der Waals surface area contributed by atoms with Crippen LogP contribution in [0.4, 0.5) is 0 Å². The lowest BCUT2D eigenvalue weighted by Crippen LogP contribution is -2.49. The Labute approximate surface area is 98.0 Å². The van der Waals surface area contributed by atoms with Crippen molar-refractivity contribution in [1.29, 1.82) is 0 Å². The highest BCUT2D eigenvalue weighted by Crippen LogP contribution is 1.96. The van der Waals surface area contributed by atoms with E-state index in [-0.39, 0.29) is 18.6 Å². The first-order valence-corrected chi connectivity index (χ1v) is 5.19. The average Bonchev–Trinajstić information content (AvgIpc) is 2.21. The molecule has 0 bridgehead atoms. The summed E-state index contributed by atoms with van der Waals surface area (Å²) in [5.74, 6) is -2.43. The molecule has 0 aliphatic carbocycles. The van der Waals surface area contributed by atoms with Gasteiger partial charge in [-0.2, -0.15) is 12.6 Å². The number of carbonyl (C=O) groups is 3. The number of carboxylic acid groups (broad SMARTS) is 1. The highest BCUT2D eigenvalue weighted by atomic mass is 32.1. The van der Waals surface area contributed by atoms with Gasteiger partial charge in [-0.25, -0.2) is 4.79 Å². The lowest BCUT2D eigenvalue weighted by molar-refractivity contribution is -0.141. The molecule has 0 fully saturated rings. The second-order valence-electron chi connectivity index (χ2n) is 3.19. The summed E-state index contributed by atoms with van der Waals surface area (Å²) in [6, 6.07) is -2.04. The summed E-state index contributed by atoms with van der Waals surface area (Å²) >= 11 is 3.77. The van der Waals surface area contributed by atoms with Crippen LogP contribution in [0.5, 0.6) is 0 Å². The molecular weight excluding hydrogens is 234 g/mol. The van der Waals surface area contributed by atoms with Crippen LogP contribution in [-0.2, 0) is 14.4 Å². The first kappa shape index (κ1) is 14.7. The second-order valence-corrected chi connectivity index (χ2v) is 3.56. The fourth-order valence-corrected chi connectivity index (χ4v) is 1.14. The van der Waals surface area contributed by atoms with E-state index in [0.717, 1.165) is 0 Å². The van der Waals surface area contributed by atoms with E-state index in [4.69, 9.17) is 16.6 Å². The molecule has 0 aromatic rings. The Kier molecular flexibility index (Phi) is 6.50. The number of primary amides is 1. The summed E-state index contributed by atoms with van der Waals surface area (Å²) in [6.45, 7) is 0. The van der Waals surface area contributed by atoms with Gasteiger partial charge in [-0.3, -0.25) is 9.59 Å². The van der Waals surface area contributed by atoms with Gasteiger partial charge in [-0.15, -0.1) is 0 Å². The van der Waals surface area contributed by atoms with Crippen molar-refractivity contribution in [2.24, 2.45) is 11.5 Å². The maximum absolute atomic E-state index is 11.3. The molecule has 6 N–H and O–H groups in total. The van der Waals surface area contributed by atoms with Crippen LogP contribution in [0, 0.1) is 0 Å². The summed E-state index contributed by atoms with van der Waals surface area (Å²) in [5.41, 5.74) is 10.3. The maximum Gasteiger partial charge on any atom is 0.327 e. The SMILES string of the molecule is NC(=O)CCC(N)C(=O)NC(CS)C(=O)O. The van der Waals surface area contributed by atoms with Crippen LogP contribution >= 0.6 is 12.6 Å². The monoisotopic (exact) mass is 249 g/mol. The van der Waals surface area contributed by atoms with Crippen molar-refractivity contribution < 1.29 is 19.5 Å². The molecule has 0 aromatic heterocycles. The molecule has 2 atom stereocenters. The van der Waals surface area contributed by atoms with Gasteiger partial charge in [-0.05, 0) is 6.42 Å². The number of nitrogens with two attached hydrogens (primary N) is 2. The molecule has 16 heavy (non-hydrogen) atoms. The van der Waals surface area contributed by atoms with Gasteiger partial charge < -0.3 is 21.9 Å². The zero-order valence-electron chi connectivity index (χ0n) is 8.55. The second kappa shape index (κ2) is 7.07. The Balaban J connectivity index is 4.13. The van der Waals surface area contributed by atoms with Crippen LogP contribution in [0.2, 0.25) is 0 Å². The van der Waals surface area contributed by atoms with Gasteiger partial charge in [0.25, 0.3) is 0 Å². The third-order valence-corrected chi connectivity index (χ3v) is 2.20. The molecular formula is C8H15N3O4S. The molecule has 0 radical (unpaired) electrons. The summed E-state index contributed by atoms with van der Waals surface area (Å²) in [5, 5.41) is 10.8. The molecule has 2 unspecified atom stereocenters. The summed E-state index contributed by atoms with van der Waals surface area (Å²) in [7, 11) is 0. The third kappa shape index (κ3) is 5.56. The van der Waals surface area contributed by atoms with Crippen molar-refractivity contribution in [1.82, 2.24) is 5.32 Å². The Morgan fingerprint density at radius 1 is 1.38 bits per heavy atom. The molecule has 7 nitrogen and oxygen atoms in total. The number of hydrogen-bond acceptors (Lipinski definition) is 5. The molecule has 0 rings (SSSR count). The number of carboxylic acids is 1. The van der Waals surface area contributed by atoms with Gasteiger partial charge in [0.15, 0.2) is 0 Å². The normalized spacial score (nSPS) is 13.9. The van der Waals surface area contributed by atoms with Gasteiger partial charge in [0.05, 0.1) is 6.04 Å². The van der Waals surface area contributed by atoms with Gasteiger partial charge in [0, 0.05) is 12.2 Å². The Hall–Kier alpha value is -1.28. The molecule has 0 aliphatic rings. The molecule has 0 heterocycles. The number of hydrogen-bond donors (Lipinski definition) is 5. The van der Waals surface area contributed by atoms with Crippen molar-refractivity contribution in [3.63, 3.8) is 0 Å². The Morgan fingerprint density at radius 2 is 1.94 bits per heavy atom. The van der Waals surface area contributed by atoms with Crippen molar-refractivity contribution >= 4 is 30.4 Å². The topological polar surface area (TPSA) is 136 Å². The van der Waals surface area contributed by atoms with Gasteiger partial charge in [-0.1, -0.05) is 0 Å². The van der Waals surface area contributed by atoms with Gasteiger partial charge in [0.1, 0.15) is 6.04 Å². The van der Waals surface area contributed by atoms with Crippen LogP contribution < -0.4 is 16.8 Å². The number of aliphatic carboxylic acids is 1. The Morgan fingerprint density at radius 3 is 2.31 bits per heavy atom. The van der Waals surface area contributed by atoms with E-state index in [2.05, 4.69) is 17.9 Å². The standard InChI is InChI=1S/C8H15N3O4S/c9-4(1-2-6(10)12)7(13)11-5(3-16)8(14)15/h4-5,16H,1-3,9H2,(H2,10,12)(H,11,13)(H,14,15). The zero-order valence-corrected chi connectivity index (χ0v) is 9.44. The molecule has 0 saturated heterocycles. The lowest BCUT2D eigenvalue weighted by atomic mass is 10.1. The van der Waals surface area contributed by atoms with Crippen LogP contribution in [0.25, 0.3) is 0 Å². The van der Waals surface area contributed by atoms with Crippen molar-refractivity contribution in [3.05, 3.63) is 0 Å². The molecule has 0 aliphatic heterocycles. The molecule has 92 valence electrons. The number of nitrogens with one attached hydrogen (secondary N) is 1. The Bertz CT molecular complexity index is 284. The fourth-order valence-electron chi connectivity index (χ4n) is 0.893. The number of thiol groups is 1. The minimum absolute atomic E-state index is 0.0206. The van der Waals surface area contributed by atoms with Crippen molar-refractivity contribution in [2.45, 2.75) is 24.9 Å². The number of carbonyl (C=O) groups excluding carboxylic acids is 2. The van der Waals surface area contributed by atoms with E-state index in [1.54, 1.807) is 0 Å². The highest BCUT2D eigenvalue weighted by molar-refractivity contribution is 7.80. The van der Waals surface area contributed by atoms with Crippen LogP contribution in [0.15, 0.2) is 0 Å². The molecule has 0 saturated carbocycles. The highest BCUT2D eigenvalue weighted by Gasteiger charge is 2.21. The molecule has 8 heteroatoms. The van der Waals surface area contributed by atoms with Crippen LogP contribution in [0.1, 0.15) is 12.8 Å². The largest absolute Gasteiger partial charge is 0.480 e. The summed E-state index contributed by atoms with van der Waals surface area (Å²) in [4.78, 5) is 32.4. The zero-order chi connectivity index (χ0) is 12.7.